The van der Waals surface area contributed by atoms with Crippen molar-refractivity contribution in [3.63, 3.8) is 0 Å². The smallest absolute Gasteiger partial charge is 0.259 e. The van der Waals surface area contributed by atoms with Crippen LogP contribution in [0.15, 0.2) is 16.7 Å². The van der Waals surface area contributed by atoms with Crippen LogP contribution in [0.3, 0.4) is 0 Å². The number of hydrogen-bond donors (Lipinski definition) is 1. The summed E-state index contributed by atoms with van der Waals surface area (Å²) in [4.78, 5) is 19.6. The van der Waals surface area contributed by atoms with Crippen molar-refractivity contribution in [1.82, 2.24) is 15.0 Å². The lowest BCUT2D eigenvalue weighted by atomic mass is 10.0. The van der Waals surface area contributed by atoms with Crippen molar-refractivity contribution in [2.75, 3.05) is 25.5 Å². The van der Waals surface area contributed by atoms with E-state index in [1.54, 1.807) is 6.92 Å². The number of amides is 1. The Labute approximate surface area is 148 Å². The summed E-state index contributed by atoms with van der Waals surface area (Å²) in [6, 6.07) is 4.10. The third kappa shape index (κ3) is 3.38. The number of pyridine rings is 1. The molecule has 0 aromatic carbocycles. The number of rotatable bonds is 4. The summed E-state index contributed by atoms with van der Waals surface area (Å²) < 4.78 is 5.28. The number of nitrogens with one attached hydrogen (secondary N) is 1. The number of aromatic nitrogens is 2. The minimum Gasteiger partial charge on any atom is -0.388 e. The average Bonchev–Trinajstić information content (AvgIpc) is 3.20. The first-order valence-corrected chi connectivity index (χ1v) is 8.82. The van der Waals surface area contributed by atoms with Gasteiger partial charge in [-0.3, -0.25) is 9.78 Å². The zero-order valence-corrected chi connectivity index (χ0v) is 15.6. The summed E-state index contributed by atoms with van der Waals surface area (Å²) in [6.07, 6.45) is 0.923. The molecular weight excluding hydrogens is 316 g/mol. The van der Waals surface area contributed by atoms with E-state index in [4.69, 9.17) is 4.52 Å². The van der Waals surface area contributed by atoms with Crippen LogP contribution < -0.4 is 5.32 Å². The zero-order valence-electron chi connectivity index (χ0n) is 15.6. The van der Waals surface area contributed by atoms with Gasteiger partial charge in [0.05, 0.1) is 5.69 Å². The van der Waals surface area contributed by atoms with E-state index in [9.17, 15) is 4.79 Å². The molecule has 1 aliphatic heterocycles. The van der Waals surface area contributed by atoms with Gasteiger partial charge in [-0.2, -0.15) is 0 Å². The van der Waals surface area contributed by atoms with E-state index >= 15 is 0 Å². The van der Waals surface area contributed by atoms with Crippen molar-refractivity contribution < 1.29 is 9.32 Å². The van der Waals surface area contributed by atoms with Gasteiger partial charge in [0.15, 0.2) is 0 Å². The fraction of sp³-hybridized carbons (Fsp3) is 0.526. The molecule has 6 nitrogen and oxygen atoms in total. The topological polar surface area (TPSA) is 71.3 Å². The van der Waals surface area contributed by atoms with E-state index in [1.807, 2.05) is 38.8 Å². The van der Waals surface area contributed by atoms with Gasteiger partial charge in [-0.15, -0.1) is 0 Å². The number of hydrogen-bond acceptors (Lipinski definition) is 5. The molecule has 1 aliphatic rings. The molecule has 3 rings (SSSR count). The van der Waals surface area contributed by atoms with Crippen molar-refractivity contribution in [3.05, 3.63) is 40.5 Å². The summed E-state index contributed by atoms with van der Waals surface area (Å²) >= 11 is 0. The van der Waals surface area contributed by atoms with Crippen molar-refractivity contribution in [2.45, 2.75) is 46.0 Å². The largest absolute Gasteiger partial charge is 0.388 e. The maximum atomic E-state index is 13.0. The predicted octanol–water partition coefficient (Wildman–Crippen LogP) is 3.48. The fourth-order valence-corrected chi connectivity index (χ4v) is 3.44. The van der Waals surface area contributed by atoms with Gasteiger partial charge in [-0.25, -0.2) is 0 Å². The first-order chi connectivity index (χ1) is 11.9. The Morgan fingerprint density at radius 2 is 2.12 bits per heavy atom. The second kappa shape index (κ2) is 6.86. The number of carbonyl (C=O) groups excluding carboxylic acids is 1. The number of anilines is 1. The molecule has 1 atom stereocenters. The molecule has 1 saturated heterocycles. The monoisotopic (exact) mass is 342 g/mol. The minimum atomic E-state index is 0.0199. The summed E-state index contributed by atoms with van der Waals surface area (Å²) in [5, 5.41) is 7.25. The third-order valence-electron chi connectivity index (χ3n) is 4.81. The Morgan fingerprint density at radius 1 is 1.36 bits per heavy atom. The van der Waals surface area contributed by atoms with Crippen molar-refractivity contribution in [3.8, 4) is 0 Å². The van der Waals surface area contributed by atoms with Gasteiger partial charge in [0.25, 0.3) is 5.91 Å². The number of likely N-dealkylation sites (tertiary alicyclic amines) is 1. The lowest BCUT2D eigenvalue weighted by Crippen LogP contribution is -2.29. The van der Waals surface area contributed by atoms with Crippen LogP contribution in [0, 0.1) is 13.8 Å². The molecule has 1 unspecified atom stereocenters. The van der Waals surface area contributed by atoms with E-state index in [0.29, 0.717) is 17.9 Å². The van der Waals surface area contributed by atoms with Gasteiger partial charge in [-0.1, -0.05) is 19.0 Å². The molecule has 0 radical (unpaired) electrons. The number of nitrogens with zero attached hydrogens (tertiary/aromatic N) is 3. The summed E-state index contributed by atoms with van der Waals surface area (Å²) in [6.45, 7) is 9.27. The minimum absolute atomic E-state index is 0.0199. The van der Waals surface area contributed by atoms with E-state index in [2.05, 4.69) is 21.5 Å². The molecule has 1 fully saturated rings. The predicted molar refractivity (Wildman–Crippen MR) is 97.1 cm³/mol. The molecule has 25 heavy (non-hydrogen) atoms. The fourth-order valence-electron chi connectivity index (χ4n) is 3.44. The maximum Gasteiger partial charge on any atom is 0.259 e. The van der Waals surface area contributed by atoms with E-state index < -0.39 is 0 Å². The van der Waals surface area contributed by atoms with Gasteiger partial charge < -0.3 is 14.7 Å². The Bertz CT molecular complexity index is 782. The van der Waals surface area contributed by atoms with Gasteiger partial charge in [0.1, 0.15) is 11.3 Å². The van der Waals surface area contributed by atoms with Crippen LogP contribution in [0.25, 0.3) is 0 Å². The highest BCUT2D eigenvalue weighted by Gasteiger charge is 2.33. The highest BCUT2D eigenvalue weighted by Crippen LogP contribution is 2.31. The van der Waals surface area contributed by atoms with Crippen LogP contribution >= 0.6 is 0 Å². The normalized spacial score (nSPS) is 17.4. The molecule has 0 saturated carbocycles. The lowest BCUT2D eigenvalue weighted by molar-refractivity contribution is 0.0787. The summed E-state index contributed by atoms with van der Waals surface area (Å²) in [5.74, 6) is 1.04. The highest BCUT2D eigenvalue weighted by molar-refractivity contribution is 5.96. The van der Waals surface area contributed by atoms with Crippen LogP contribution in [-0.2, 0) is 0 Å². The van der Waals surface area contributed by atoms with Gasteiger partial charge in [-0.05, 0) is 38.3 Å². The quantitative estimate of drug-likeness (QED) is 0.921. The van der Waals surface area contributed by atoms with E-state index in [1.165, 1.54) is 0 Å². The molecule has 2 aromatic rings. The van der Waals surface area contributed by atoms with Crippen LogP contribution in [0.2, 0.25) is 0 Å². The highest BCUT2D eigenvalue weighted by atomic mass is 16.5. The van der Waals surface area contributed by atoms with E-state index in [0.717, 1.165) is 35.7 Å². The van der Waals surface area contributed by atoms with Crippen LogP contribution in [-0.4, -0.2) is 41.1 Å². The second-order valence-electron chi connectivity index (χ2n) is 7.06. The second-order valence-corrected chi connectivity index (χ2v) is 7.06. The standard InChI is InChI=1S/C19H26N4O2/c1-11(2)18-17(13(4)25-22-18)19(24)23-7-6-14(10-23)16-9-15(20-5)8-12(3)21-16/h8-9,11,14H,6-7,10H2,1-5H3,(H,20,21). The van der Waals surface area contributed by atoms with Crippen molar-refractivity contribution in [2.24, 2.45) is 0 Å². The zero-order chi connectivity index (χ0) is 18.1. The molecule has 0 aliphatic carbocycles. The summed E-state index contributed by atoms with van der Waals surface area (Å²) in [5.41, 5.74) is 4.47. The van der Waals surface area contributed by atoms with Gasteiger partial charge >= 0.3 is 0 Å². The van der Waals surface area contributed by atoms with Crippen LogP contribution in [0.4, 0.5) is 5.69 Å². The Hall–Kier alpha value is -2.37. The SMILES string of the molecule is CNc1cc(C)nc(C2CCN(C(=O)c3c(C(C)C)noc3C)C2)c1. The Kier molecular flexibility index (Phi) is 4.79. The average molecular weight is 342 g/mol. The Balaban J connectivity index is 1.80. The molecule has 1 N–H and O–H groups in total. The molecule has 134 valence electrons. The number of aryl methyl sites for hydroxylation is 2. The van der Waals surface area contributed by atoms with Crippen LogP contribution in [0.5, 0.6) is 0 Å². The number of carbonyl (C=O) groups is 1. The van der Waals surface area contributed by atoms with E-state index in [-0.39, 0.29) is 17.7 Å². The Morgan fingerprint density at radius 3 is 2.80 bits per heavy atom. The molecule has 6 heteroatoms. The van der Waals surface area contributed by atoms with Crippen molar-refractivity contribution in [1.29, 1.82) is 0 Å². The van der Waals surface area contributed by atoms with Gasteiger partial charge in [0.2, 0.25) is 0 Å². The molecule has 3 heterocycles. The molecule has 1 amide bonds. The molecular formula is C19H26N4O2. The molecule has 0 spiro atoms. The van der Waals surface area contributed by atoms with Crippen molar-refractivity contribution >= 4 is 11.6 Å². The third-order valence-corrected chi connectivity index (χ3v) is 4.81. The lowest BCUT2D eigenvalue weighted by Gasteiger charge is -2.17. The molecule has 0 bridgehead atoms. The van der Waals surface area contributed by atoms with Crippen LogP contribution in [0.1, 0.15) is 65.3 Å². The summed E-state index contributed by atoms with van der Waals surface area (Å²) in [7, 11) is 1.91. The maximum absolute atomic E-state index is 13.0. The first-order valence-electron chi connectivity index (χ1n) is 8.82. The first kappa shape index (κ1) is 17.5. The van der Waals surface area contributed by atoms with Gasteiger partial charge in [0, 0.05) is 43.1 Å². The molecule has 2 aromatic heterocycles.